The minimum atomic E-state index is -1.20. The summed E-state index contributed by atoms with van der Waals surface area (Å²) >= 11 is 5.86. The van der Waals surface area contributed by atoms with E-state index in [9.17, 15) is 9.00 Å². The fraction of sp³-hybridized carbons (Fsp3) is 0.500. The van der Waals surface area contributed by atoms with Crippen molar-refractivity contribution in [3.05, 3.63) is 23.2 Å². The van der Waals surface area contributed by atoms with Crippen molar-refractivity contribution in [2.24, 2.45) is 5.92 Å². The number of nitrogens with two attached hydrogens (primary N) is 1. The third-order valence-electron chi connectivity index (χ3n) is 3.18. The van der Waals surface area contributed by atoms with E-state index < -0.39 is 16.0 Å². The highest BCUT2D eigenvalue weighted by atomic mass is 35.5. The van der Waals surface area contributed by atoms with Crippen molar-refractivity contribution in [3.63, 3.8) is 0 Å². The maximum Gasteiger partial charge on any atom is 0.239 e. The topological polar surface area (TPSA) is 72.2 Å². The highest BCUT2D eigenvalue weighted by Gasteiger charge is 2.21. The Morgan fingerprint density at radius 1 is 1.45 bits per heavy atom. The molecule has 6 heteroatoms. The van der Waals surface area contributed by atoms with Crippen molar-refractivity contribution >= 4 is 39.7 Å². The van der Waals surface area contributed by atoms with E-state index in [0.717, 1.165) is 6.42 Å². The maximum absolute atomic E-state index is 12.1. The van der Waals surface area contributed by atoms with Crippen LogP contribution >= 0.6 is 11.6 Å². The average Bonchev–Trinajstić information content (AvgIpc) is 2.41. The molecule has 3 atom stereocenters. The Balaban J connectivity index is 2.70. The second-order valence-electron chi connectivity index (χ2n) is 4.92. The fourth-order valence-electron chi connectivity index (χ4n) is 1.53. The molecule has 0 fully saturated rings. The first-order chi connectivity index (χ1) is 9.35. The number of nitrogen functional groups attached to an aromatic ring is 1. The van der Waals surface area contributed by atoms with Gasteiger partial charge in [-0.15, -0.1) is 0 Å². The van der Waals surface area contributed by atoms with Crippen molar-refractivity contribution in [3.8, 4) is 0 Å². The highest BCUT2D eigenvalue weighted by molar-refractivity contribution is 7.86. The first-order valence-electron chi connectivity index (χ1n) is 6.58. The van der Waals surface area contributed by atoms with Gasteiger partial charge in [0.25, 0.3) is 0 Å². The molecule has 3 unspecified atom stereocenters. The molecule has 0 aliphatic carbocycles. The number of hydrogen-bond donors (Lipinski definition) is 2. The molecule has 4 nitrogen and oxygen atoms in total. The van der Waals surface area contributed by atoms with Crippen LogP contribution in [-0.2, 0) is 15.6 Å². The Morgan fingerprint density at radius 2 is 2.10 bits per heavy atom. The van der Waals surface area contributed by atoms with Gasteiger partial charge in [-0.2, -0.15) is 0 Å². The summed E-state index contributed by atoms with van der Waals surface area (Å²) in [5, 5.41) is 2.59. The predicted octanol–water partition coefficient (Wildman–Crippen LogP) is 3.04. The number of rotatable bonds is 6. The van der Waals surface area contributed by atoms with Crippen LogP contribution in [0.1, 0.15) is 27.2 Å². The Morgan fingerprint density at radius 3 is 2.70 bits per heavy atom. The van der Waals surface area contributed by atoms with Crippen molar-refractivity contribution in [1.82, 2.24) is 0 Å². The molecule has 3 N–H and O–H groups in total. The number of nitrogens with one attached hydrogen (secondary N) is 1. The normalized spacial score (nSPS) is 15.4. The van der Waals surface area contributed by atoms with Crippen LogP contribution in [0.2, 0.25) is 5.02 Å². The Kier molecular flexibility index (Phi) is 6.49. The molecule has 1 aromatic carbocycles. The van der Waals surface area contributed by atoms with Gasteiger partial charge in [-0.25, -0.2) is 0 Å². The number of hydrogen-bond acceptors (Lipinski definition) is 3. The summed E-state index contributed by atoms with van der Waals surface area (Å²) in [5.41, 5.74) is 6.65. The van der Waals surface area contributed by atoms with E-state index in [0.29, 0.717) is 28.1 Å². The monoisotopic (exact) mass is 316 g/mol. The van der Waals surface area contributed by atoms with Gasteiger partial charge < -0.3 is 11.1 Å². The van der Waals surface area contributed by atoms with Gasteiger partial charge in [0.15, 0.2) is 0 Å². The number of amides is 1. The van der Waals surface area contributed by atoms with Crippen molar-refractivity contribution in [2.45, 2.75) is 32.4 Å². The Bertz CT molecular complexity index is 508. The third-order valence-corrected chi connectivity index (χ3v) is 5.32. The zero-order valence-corrected chi connectivity index (χ0v) is 13.6. The zero-order valence-electron chi connectivity index (χ0n) is 12.0. The standard InChI is InChI=1S/C14H21ClN2O2S/c1-4-9(2)8-20(19)10(3)14(18)17-13-7-11(15)5-6-12(13)16/h5-7,9-10H,4,8,16H2,1-3H3,(H,17,18). The Hall–Kier alpha value is -1.07. The molecule has 0 aliphatic rings. The molecule has 1 amide bonds. The van der Waals surface area contributed by atoms with Gasteiger partial charge in [0.2, 0.25) is 5.91 Å². The highest BCUT2D eigenvalue weighted by Crippen LogP contribution is 2.23. The van der Waals surface area contributed by atoms with Crippen molar-refractivity contribution in [2.75, 3.05) is 16.8 Å². The number of benzene rings is 1. The van der Waals surface area contributed by atoms with E-state index in [1.165, 1.54) is 0 Å². The van der Waals surface area contributed by atoms with E-state index >= 15 is 0 Å². The summed E-state index contributed by atoms with van der Waals surface area (Å²) in [6.07, 6.45) is 0.946. The first-order valence-corrected chi connectivity index (χ1v) is 8.34. The molecule has 0 radical (unpaired) electrons. The molecule has 1 rings (SSSR count). The van der Waals surface area contributed by atoms with Crippen LogP contribution in [-0.4, -0.2) is 21.1 Å². The number of anilines is 2. The van der Waals surface area contributed by atoms with Gasteiger partial charge in [0.05, 0.1) is 11.4 Å². The lowest BCUT2D eigenvalue weighted by Gasteiger charge is -2.15. The predicted molar refractivity (Wildman–Crippen MR) is 86.4 cm³/mol. The zero-order chi connectivity index (χ0) is 15.3. The number of halogens is 1. The van der Waals surface area contributed by atoms with Crippen LogP contribution in [0, 0.1) is 5.92 Å². The molecule has 0 bridgehead atoms. The minimum Gasteiger partial charge on any atom is -0.397 e. The third kappa shape index (κ3) is 4.80. The second-order valence-corrected chi connectivity index (χ2v) is 7.16. The molecule has 0 spiro atoms. The number of carbonyl (C=O) groups is 1. The summed E-state index contributed by atoms with van der Waals surface area (Å²) in [6.45, 7) is 5.73. The van der Waals surface area contributed by atoms with Crippen LogP contribution in [0.25, 0.3) is 0 Å². The SMILES string of the molecule is CCC(C)CS(=O)C(C)C(=O)Nc1cc(Cl)ccc1N. The Labute approximate surface area is 127 Å². The molecule has 0 aromatic heterocycles. The van der Waals surface area contributed by atoms with E-state index in [4.69, 9.17) is 17.3 Å². The van der Waals surface area contributed by atoms with Crippen LogP contribution in [0.5, 0.6) is 0 Å². The lowest BCUT2D eigenvalue weighted by molar-refractivity contribution is -0.115. The summed E-state index contributed by atoms with van der Waals surface area (Å²) in [7, 11) is -1.20. The maximum atomic E-state index is 12.1. The van der Waals surface area contributed by atoms with Crippen molar-refractivity contribution in [1.29, 1.82) is 0 Å². The lowest BCUT2D eigenvalue weighted by atomic mass is 10.2. The quantitative estimate of drug-likeness (QED) is 0.792. The molecule has 112 valence electrons. The molecule has 0 saturated carbocycles. The molecule has 0 heterocycles. The minimum absolute atomic E-state index is 0.305. The van der Waals surface area contributed by atoms with Crippen LogP contribution in [0.4, 0.5) is 11.4 Å². The van der Waals surface area contributed by atoms with Gasteiger partial charge in [-0.3, -0.25) is 9.00 Å². The second kappa shape index (κ2) is 7.64. The molecular formula is C14H21ClN2O2S. The smallest absolute Gasteiger partial charge is 0.239 e. The van der Waals surface area contributed by atoms with E-state index in [1.807, 2.05) is 13.8 Å². The first kappa shape index (κ1) is 17.0. The fourth-order valence-corrected chi connectivity index (χ4v) is 3.09. The molecule has 20 heavy (non-hydrogen) atoms. The number of carbonyl (C=O) groups excluding carboxylic acids is 1. The van der Waals surface area contributed by atoms with Gasteiger partial charge in [0, 0.05) is 21.6 Å². The summed E-state index contributed by atoms with van der Waals surface area (Å²) in [4.78, 5) is 12.1. The van der Waals surface area contributed by atoms with Gasteiger partial charge in [0.1, 0.15) is 5.25 Å². The van der Waals surface area contributed by atoms with Gasteiger partial charge in [-0.1, -0.05) is 31.9 Å². The molecule has 0 aliphatic heterocycles. The van der Waals surface area contributed by atoms with Crippen LogP contribution in [0.15, 0.2) is 18.2 Å². The van der Waals surface area contributed by atoms with Gasteiger partial charge in [-0.05, 0) is 31.0 Å². The molecular weight excluding hydrogens is 296 g/mol. The summed E-state index contributed by atoms with van der Waals surface area (Å²) in [6, 6.07) is 4.86. The molecule has 1 aromatic rings. The van der Waals surface area contributed by atoms with Crippen molar-refractivity contribution < 1.29 is 9.00 Å². The van der Waals surface area contributed by atoms with E-state index in [1.54, 1.807) is 25.1 Å². The summed E-state index contributed by atoms with van der Waals surface area (Å²) in [5.74, 6) is 0.554. The van der Waals surface area contributed by atoms with Gasteiger partial charge >= 0.3 is 0 Å². The lowest BCUT2D eigenvalue weighted by Crippen LogP contribution is -2.31. The molecule has 0 saturated heterocycles. The summed E-state index contributed by atoms with van der Waals surface area (Å²) < 4.78 is 12.1. The van der Waals surface area contributed by atoms with E-state index in [2.05, 4.69) is 5.32 Å². The largest absolute Gasteiger partial charge is 0.397 e. The van der Waals surface area contributed by atoms with Crippen LogP contribution in [0.3, 0.4) is 0 Å². The van der Waals surface area contributed by atoms with Crippen LogP contribution < -0.4 is 11.1 Å². The average molecular weight is 317 g/mol. The van der Waals surface area contributed by atoms with E-state index in [-0.39, 0.29) is 5.91 Å².